The molecule has 0 spiro atoms. The molecule has 0 saturated heterocycles. The van der Waals surface area contributed by atoms with Crippen LogP contribution in [0.2, 0.25) is 0 Å². The summed E-state index contributed by atoms with van der Waals surface area (Å²) in [5.41, 5.74) is 7.97. The number of carbonyl (C=O) groups is 5. The fourth-order valence-electron chi connectivity index (χ4n) is 10.0. The van der Waals surface area contributed by atoms with Crippen LogP contribution in [-0.2, 0) is 150 Å². The van der Waals surface area contributed by atoms with Gasteiger partial charge in [0.25, 0.3) is 0 Å². The van der Waals surface area contributed by atoms with Crippen molar-refractivity contribution in [1.82, 2.24) is 0 Å². The normalized spacial score (nSPS) is 11.6. The summed E-state index contributed by atoms with van der Waals surface area (Å²) >= 11 is 0. The summed E-state index contributed by atoms with van der Waals surface area (Å²) in [7, 11) is 4.26. The molecule has 670 valence electrons. The maximum Gasteiger partial charge on any atom is 0.513 e. The number of esters is 2. The number of aromatic hydroxyl groups is 2. The smallest absolute Gasteiger partial charge is 0.508 e. The molecule has 124 heavy (non-hydrogen) atoms. The molecule has 10 aromatic rings. The van der Waals surface area contributed by atoms with Crippen LogP contribution in [0, 0.1) is 13.8 Å². The van der Waals surface area contributed by atoms with Crippen LogP contribution in [0.15, 0.2) is 308 Å². The molecule has 1 aliphatic rings. The summed E-state index contributed by atoms with van der Waals surface area (Å²) in [5.74, 6) is 7.32. The van der Waals surface area contributed by atoms with E-state index < -0.39 is 12.1 Å². The Morgan fingerprint density at radius 3 is 1.12 bits per heavy atom. The van der Waals surface area contributed by atoms with E-state index in [-0.39, 0.29) is 83.1 Å². The van der Waals surface area contributed by atoms with Crippen molar-refractivity contribution in [2.24, 2.45) is 0 Å². The molecule has 0 aliphatic heterocycles. The van der Waals surface area contributed by atoms with Crippen LogP contribution in [0.1, 0.15) is 71.3 Å². The number of aryl methyl sites for hydroxylation is 2. The van der Waals surface area contributed by atoms with Gasteiger partial charge in [0, 0.05) is 91.2 Å². The van der Waals surface area contributed by atoms with Gasteiger partial charge in [0.15, 0.2) is 35.1 Å². The highest BCUT2D eigenvalue weighted by atomic mass is 32.2. The molecule has 1 saturated carbocycles. The Bertz CT molecular complexity index is 4470. The number of aliphatic hydroxyl groups is 1. The first kappa shape index (κ1) is 112. The fourth-order valence-corrected chi connectivity index (χ4v) is 19.8. The predicted octanol–water partition coefficient (Wildman–Crippen LogP) is 19.8. The van der Waals surface area contributed by atoms with Crippen molar-refractivity contribution in [1.29, 1.82) is 0 Å². The lowest BCUT2D eigenvalue weighted by molar-refractivity contribution is -0.138. The van der Waals surface area contributed by atoms with E-state index in [1.165, 1.54) is 84.1 Å². The number of rotatable bonds is 27. The van der Waals surface area contributed by atoms with Gasteiger partial charge in [0.1, 0.15) is 113 Å². The van der Waals surface area contributed by atoms with E-state index >= 15 is 0 Å². The van der Waals surface area contributed by atoms with Gasteiger partial charge in [-0.3, -0.25) is 14.4 Å². The minimum atomic E-state index is -0.690. The molecule has 0 radical (unpaired) electrons. The number of phenols is 2. The molecule has 10 aromatic carbocycles. The van der Waals surface area contributed by atoms with Crippen molar-refractivity contribution >= 4 is 139 Å². The van der Waals surface area contributed by atoms with Gasteiger partial charge in [-0.05, 0) is 197 Å². The van der Waals surface area contributed by atoms with Crippen LogP contribution in [0.4, 0.5) is 4.79 Å². The average molecular weight is 1880 g/mol. The highest BCUT2D eigenvalue weighted by Crippen LogP contribution is 2.40. The van der Waals surface area contributed by atoms with Crippen molar-refractivity contribution in [2.75, 3.05) is 143 Å². The second-order valence-corrected chi connectivity index (χ2v) is 52.0. The van der Waals surface area contributed by atoms with Crippen LogP contribution in [0.25, 0.3) is 0 Å². The van der Waals surface area contributed by atoms with Crippen LogP contribution in [0.3, 0.4) is 0 Å². The second kappa shape index (κ2) is 65.8. The number of hydrogen-bond donors (Lipinski definition) is 4. The molecule has 0 amide bonds. The molecule has 0 heterocycles. The van der Waals surface area contributed by atoms with E-state index in [1.807, 2.05) is 110 Å². The predicted molar refractivity (Wildman–Crippen MR) is 553 cm³/mol. The molecule has 0 bridgehead atoms. The molecule has 4 N–H and O–H groups in total. The number of carboxylic acids is 1. The Hall–Kier alpha value is -7.65. The zero-order valence-electron chi connectivity index (χ0n) is 76.7. The van der Waals surface area contributed by atoms with Crippen LogP contribution >= 0.6 is 0 Å². The summed E-state index contributed by atoms with van der Waals surface area (Å²) in [6.07, 6.45) is 36.8. The zero-order valence-corrected chi connectivity index (χ0v) is 84.9. The molecule has 23 heteroatoms. The van der Waals surface area contributed by atoms with Gasteiger partial charge < -0.3 is 39.4 Å². The standard InChI is InChI=1S/C15H21O2S.C15H15S.C14H14OS.C11H17OS.C10H13O3S.C10H13O2S.C10H13OS.C8H10OS.C5H10O2S.C3H9S/c1-12(2)15(16)17-9-10-18(4)11-14-7-5-13(3)6-8-14;1-3-7-13(8-4-1)16(15-11-12-15)14-9-5-2-6-10-14;1-16(11-12-5-3-2-4-6-12)14-9-7-13(15)8-10-14;1-10-3-5-11(6-4-10)9-13(2)8-7-12;1-12-10(11)13-8-4-6-9(7-5-8)14(2)3;1-8(11)12-9-4-6-10(7-5-9)13(2)3;1-12(2)8-10(11)9-6-4-3-5-7-9;1-10(2)8-5-3-7(9)4-6-8;1-8(2)4-3-5(6)7;1-4(2)3/h5-8H,1,9-11H2,2-4H3;1-10,15H,11-12H2;2-10H,11H2,1H3;3-6,12H,7-9H2,1-2H3;4-7H,1-3H3;4-7H,1-3H3;3-7H,8H2,1-2H3;3-6H,1-2H3;3-4H2,1-2H3;1-3H3/q2*+1;;4*+1;;;+1/p+3. The molecule has 3 unspecified atom stereocenters. The van der Waals surface area contributed by atoms with E-state index in [2.05, 4.69) is 246 Å². The van der Waals surface area contributed by atoms with Crippen LogP contribution in [-0.4, -0.2) is 199 Å². The van der Waals surface area contributed by atoms with Gasteiger partial charge in [-0.25, -0.2) is 9.59 Å². The highest BCUT2D eigenvalue weighted by Gasteiger charge is 2.43. The summed E-state index contributed by atoms with van der Waals surface area (Å²) in [6.45, 7) is 11.6. The molecule has 1 fully saturated rings. The molecular formula is C101H138O13S10+10. The minimum absolute atomic E-state index is 0.196. The average Bonchev–Trinajstić information content (AvgIpc) is 1.66. The third kappa shape index (κ3) is 55.1. The number of hydrogen-bond acceptors (Lipinski definition) is 12. The van der Waals surface area contributed by atoms with Crippen molar-refractivity contribution < 1.29 is 63.3 Å². The number of Topliss-reactive ketones (excluding diaryl/α,β-unsaturated/α-hetero) is 1. The summed E-state index contributed by atoms with van der Waals surface area (Å²) < 4.78 is 19.2. The molecular weight excluding hydrogens is 1740 g/mol. The van der Waals surface area contributed by atoms with E-state index in [1.54, 1.807) is 43.3 Å². The lowest BCUT2D eigenvalue weighted by Crippen LogP contribution is -2.16. The summed E-state index contributed by atoms with van der Waals surface area (Å²) in [6, 6.07) is 89.0. The lowest BCUT2D eigenvalue weighted by atomic mass is 10.2. The lowest BCUT2D eigenvalue weighted by Gasteiger charge is -2.06. The molecule has 13 nitrogen and oxygen atoms in total. The number of carboxylic acid groups (broad SMARTS) is 1. The molecule has 11 rings (SSSR count). The number of carbonyl (C=O) groups excluding carboxylic acids is 4. The topological polar surface area (TPSA) is 203 Å². The fraction of sp³-hybridized carbons (Fsp3) is 0.337. The van der Waals surface area contributed by atoms with Gasteiger partial charge in [-0.1, -0.05) is 163 Å². The van der Waals surface area contributed by atoms with E-state index in [0.29, 0.717) is 97.5 Å². The Balaban J connectivity index is 0.000000473. The maximum atomic E-state index is 11.5. The van der Waals surface area contributed by atoms with Crippen molar-refractivity contribution in [3.63, 3.8) is 0 Å². The Labute approximate surface area is 773 Å². The highest BCUT2D eigenvalue weighted by molar-refractivity contribution is 7.98. The number of methoxy groups -OCH3 is 1. The van der Waals surface area contributed by atoms with Crippen molar-refractivity contribution in [3.05, 3.63) is 312 Å². The van der Waals surface area contributed by atoms with Gasteiger partial charge in [0.05, 0.1) is 87.3 Å². The molecule has 0 aromatic heterocycles. The Morgan fingerprint density at radius 1 is 0.419 bits per heavy atom. The van der Waals surface area contributed by atoms with Crippen molar-refractivity contribution in [3.8, 4) is 23.0 Å². The Morgan fingerprint density at radius 2 is 0.782 bits per heavy atom. The zero-order chi connectivity index (χ0) is 92.5. The summed E-state index contributed by atoms with van der Waals surface area (Å²) in [4.78, 5) is 62.0. The number of phenolic OH excluding ortho intramolecular Hbond substituents is 2. The second-order valence-electron chi connectivity index (χ2n) is 29.8. The van der Waals surface area contributed by atoms with Gasteiger partial charge in [0.2, 0.25) is 5.78 Å². The number of ketones is 1. The number of aliphatic hydroxyl groups excluding tert-OH is 1. The maximum absolute atomic E-state index is 11.5. The van der Waals surface area contributed by atoms with Gasteiger partial charge >= 0.3 is 24.1 Å². The molecule has 3 atom stereocenters. The van der Waals surface area contributed by atoms with E-state index in [0.717, 1.165) is 45.3 Å². The van der Waals surface area contributed by atoms with E-state index in [9.17, 15) is 29.1 Å². The van der Waals surface area contributed by atoms with Crippen LogP contribution in [0.5, 0.6) is 23.0 Å². The Kier molecular flexibility index (Phi) is 59.7. The third-order valence-corrected chi connectivity index (χ3v) is 30.0. The quantitative estimate of drug-likeness (QED) is 0.00946. The first-order valence-corrected chi connectivity index (χ1v) is 60.0. The number of ether oxygens (including phenoxy) is 4. The monoisotopic (exact) mass is 1880 g/mol. The van der Waals surface area contributed by atoms with Gasteiger partial charge in [-0.15, -0.1) is 0 Å². The SMILES string of the molecule is C=C(C)C(=O)OCC[S+](C)Cc1ccc(C)cc1.CC(=O)Oc1ccc([S+](C)C)cc1.COC(=O)Oc1ccc([S+](C)C)cc1.C[S+](C)C.C[S+](C)CC(=O)c1ccccc1.C[S+](C)CCC(=O)O.C[S+](C)c1ccc(O)cc1.C[S+](Cc1ccccc1)c1ccc(O)cc1.Cc1ccc(C[S+](C)CCO)cc1.c1ccc([S+](c2ccccc2)C2CC2)cc1. The number of aliphatic carboxylic acids is 1. The van der Waals surface area contributed by atoms with E-state index in [4.69, 9.17) is 29.5 Å². The molecule has 1 aliphatic carbocycles. The largest absolute Gasteiger partial charge is 0.513 e. The number of benzene rings is 10. The first-order valence-electron chi connectivity index (χ1n) is 40.0. The first-order chi connectivity index (χ1) is 58.9. The minimum Gasteiger partial charge on any atom is -0.508 e. The van der Waals surface area contributed by atoms with Crippen molar-refractivity contribution in [2.45, 2.75) is 98.8 Å². The van der Waals surface area contributed by atoms with Crippen LogP contribution < -0.4 is 9.47 Å². The third-order valence-electron chi connectivity index (χ3n) is 16.6. The van der Waals surface area contributed by atoms with Gasteiger partial charge in [-0.2, -0.15) is 0 Å². The summed E-state index contributed by atoms with van der Waals surface area (Å²) in [5, 5.41) is 36.0.